The fourth-order valence-corrected chi connectivity index (χ4v) is 3.86. The van der Waals surface area contributed by atoms with E-state index in [0.717, 1.165) is 17.5 Å². The number of anilines is 1. The van der Waals surface area contributed by atoms with Crippen LogP contribution in [-0.2, 0) is 34.2 Å². The molecule has 7 heteroatoms. The third-order valence-electron chi connectivity index (χ3n) is 4.64. The Kier molecular flexibility index (Phi) is 5.82. The van der Waals surface area contributed by atoms with Gasteiger partial charge >= 0.3 is 0 Å². The maximum absolute atomic E-state index is 12.2. The third-order valence-corrected chi connectivity index (χ3v) is 5.89. The van der Waals surface area contributed by atoms with Crippen molar-refractivity contribution >= 4 is 21.6 Å². The van der Waals surface area contributed by atoms with Crippen LogP contribution in [0.15, 0.2) is 42.5 Å². The Balaban J connectivity index is 1.59. The average molecular weight is 388 g/mol. The molecule has 2 aromatic carbocycles. The number of nitrogens with zero attached hydrogens (tertiary/aromatic N) is 1. The van der Waals surface area contributed by atoms with Gasteiger partial charge in [0.15, 0.2) is 6.61 Å². The zero-order valence-corrected chi connectivity index (χ0v) is 16.4. The van der Waals surface area contributed by atoms with Crippen LogP contribution in [0.2, 0.25) is 0 Å². The van der Waals surface area contributed by atoms with Crippen LogP contribution in [0.1, 0.15) is 23.6 Å². The first-order chi connectivity index (χ1) is 12.8. The molecule has 27 heavy (non-hydrogen) atoms. The first kappa shape index (κ1) is 19.4. The quantitative estimate of drug-likeness (QED) is 0.825. The molecule has 0 radical (unpaired) electrons. The predicted octanol–water partition coefficient (Wildman–Crippen LogP) is 2.58. The van der Waals surface area contributed by atoms with E-state index in [1.165, 1.54) is 16.1 Å². The maximum atomic E-state index is 12.2. The van der Waals surface area contributed by atoms with Gasteiger partial charge in [0.05, 0.1) is 6.26 Å². The highest BCUT2D eigenvalue weighted by atomic mass is 32.2. The Bertz CT molecular complexity index is 923. The summed E-state index contributed by atoms with van der Waals surface area (Å²) in [7, 11) is -3.22. The molecule has 0 unspecified atom stereocenters. The Morgan fingerprint density at radius 2 is 1.89 bits per heavy atom. The Labute approximate surface area is 160 Å². The molecule has 0 atom stereocenters. The third kappa shape index (κ3) is 5.08. The van der Waals surface area contributed by atoms with Crippen molar-refractivity contribution in [3.8, 4) is 5.75 Å². The van der Waals surface area contributed by atoms with E-state index in [2.05, 4.69) is 12.2 Å². The summed E-state index contributed by atoms with van der Waals surface area (Å²) in [6, 6.07) is 13.3. The van der Waals surface area contributed by atoms with Crippen LogP contribution in [0, 0.1) is 0 Å². The summed E-state index contributed by atoms with van der Waals surface area (Å²) >= 11 is 0. The molecule has 144 valence electrons. The van der Waals surface area contributed by atoms with E-state index in [0.29, 0.717) is 30.9 Å². The van der Waals surface area contributed by atoms with Gasteiger partial charge in [0.25, 0.3) is 5.91 Å². The first-order valence-corrected chi connectivity index (χ1v) is 10.8. The van der Waals surface area contributed by atoms with Gasteiger partial charge in [-0.3, -0.25) is 4.79 Å². The normalized spacial score (nSPS) is 14.4. The van der Waals surface area contributed by atoms with Crippen LogP contribution in [0.3, 0.4) is 0 Å². The molecule has 0 aromatic heterocycles. The summed E-state index contributed by atoms with van der Waals surface area (Å²) in [6.45, 7) is 2.81. The van der Waals surface area contributed by atoms with Crippen molar-refractivity contribution in [2.75, 3.05) is 24.7 Å². The van der Waals surface area contributed by atoms with Crippen LogP contribution in [-0.4, -0.2) is 38.0 Å². The van der Waals surface area contributed by atoms with Crippen molar-refractivity contribution in [1.82, 2.24) is 4.31 Å². The SMILES string of the molecule is CCc1ccc(OCC(=O)Nc2ccc3c(c2)CN(S(C)(=O)=O)CC3)cc1. The van der Waals surface area contributed by atoms with Crippen LogP contribution in [0.25, 0.3) is 0 Å². The molecule has 1 N–H and O–H groups in total. The number of ether oxygens (including phenoxy) is 1. The monoisotopic (exact) mass is 388 g/mol. The van der Waals surface area contributed by atoms with Crippen LogP contribution < -0.4 is 10.1 Å². The van der Waals surface area contributed by atoms with Crippen LogP contribution in [0.4, 0.5) is 5.69 Å². The molecule has 0 aliphatic carbocycles. The van der Waals surface area contributed by atoms with Gasteiger partial charge in [-0.25, -0.2) is 8.42 Å². The van der Waals surface area contributed by atoms with Crippen molar-refractivity contribution in [1.29, 1.82) is 0 Å². The zero-order valence-electron chi connectivity index (χ0n) is 15.6. The lowest BCUT2D eigenvalue weighted by Gasteiger charge is -2.27. The lowest BCUT2D eigenvalue weighted by atomic mass is 10.0. The largest absolute Gasteiger partial charge is 0.484 e. The van der Waals surface area contributed by atoms with Gasteiger partial charge in [0.1, 0.15) is 5.75 Å². The van der Waals surface area contributed by atoms with Crippen molar-refractivity contribution < 1.29 is 17.9 Å². The van der Waals surface area contributed by atoms with Gasteiger partial charge in [-0.15, -0.1) is 0 Å². The Morgan fingerprint density at radius 1 is 1.15 bits per heavy atom. The lowest BCUT2D eigenvalue weighted by molar-refractivity contribution is -0.118. The standard InChI is InChI=1S/C20H24N2O4S/c1-3-15-4-8-19(9-5-15)26-14-20(23)21-18-7-6-16-10-11-22(27(2,24)25)13-17(16)12-18/h4-9,12H,3,10-11,13-14H2,1-2H3,(H,21,23). The topological polar surface area (TPSA) is 75.7 Å². The van der Waals surface area contributed by atoms with E-state index in [9.17, 15) is 13.2 Å². The number of nitrogens with one attached hydrogen (secondary N) is 1. The van der Waals surface area contributed by atoms with Gasteiger partial charge in [-0.1, -0.05) is 25.1 Å². The Hall–Kier alpha value is -2.38. The number of carbonyl (C=O) groups excluding carboxylic acids is 1. The molecule has 2 aromatic rings. The maximum Gasteiger partial charge on any atom is 0.262 e. The smallest absolute Gasteiger partial charge is 0.262 e. The van der Waals surface area contributed by atoms with Crippen molar-refractivity contribution in [2.45, 2.75) is 26.3 Å². The zero-order chi connectivity index (χ0) is 19.4. The molecule has 6 nitrogen and oxygen atoms in total. The minimum atomic E-state index is -3.22. The van der Waals surface area contributed by atoms with E-state index >= 15 is 0 Å². The molecule has 3 rings (SSSR count). The van der Waals surface area contributed by atoms with E-state index in [4.69, 9.17) is 4.74 Å². The second kappa shape index (κ2) is 8.10. The van der Waals surface area contributed by atoms with Gasteiger partial charge in [0.2, 0.25) is 10.0 Å². The van der Waals surface area contributed by atoms with Crippen molar-refractivity contribution in [3.63, 3.8) is 0 Å². The molecule has 0 saturated heterocycles. The molecule has 1 amide bonds. The van der Waals surface area contributed by atoms with E-state index in [1.54, 1.807) is 0 Å². The molecule has 0 spiro atoms. The molecular formula is C20H24N2O4S. The second-order valence-corrected chi connectivity index (χ2v) is 8.65. The van der Waals surface area contributed by atoms with Crippen LogP contribution >= 0.6 is 0 Å². The minimum Gasteiger partial charge on any atom is -0.484 e. The number of aryl methyl sites for hydroxylation is 1. The fourth-order valence-electron chi connectivity index (χ4n) is 3.06. The summed E-state index contributed by atoms with van der Waals surface area (Å²) in [5, 5.41) is 2.81. The number of fused-ring (bicyclic) bond motifs is 1. The highest BCUT2D eigenvalue weighted by Gasteiger charge is 2.23. The highest BCUT2D eigenvalue weighted by molar-refractivity contribution is 7.88. The van der Waals surface area contributed by atoms with Gasteiger partial charge < -0.3 is 10.1 Å². The minimum absolute atomic E-state index is 0.0853. The number of benzene rings is 2. The number of hydrogen-bond acceptors (Lipinski definition) is 4. The molecule has 1 aliphatic rings. The number of sulfonamides is 1. The fraction of sp³-hybridized carbons (Fsp3) is 0.350. The van der Waals surface area contributed by atoms with Gasteiger partial charge in [-0.05, 0) is 53.8 Å². The number of carbonyl (C=O) groups is 1. The number of hydrogen-bond donors (Lipinski definition) is 1. The predicted molar refractivity (Wildman–Crippen MR) is 105 cm³/mol. The lowest BCUT2D eigenvalue weighted by Crippen LogP contribution is -2.35. The number of rotatable bonds is 6. The van der Waals surface area contributed by atoms with E-state index in [1.807, 2.05) is 42.5 Å². The molecule has 0 fully saturated rings. The summed E-state index contributed by atoms with van der Waals surface area (Å²) in [6.07, 6.45) is 2.84. The van der Waals surface area contributed by atoms with Gasteiger partial charge in [0, 0.05) is 18.8 Å². The highest BCUT2D eigenvalue weighted by Crippen LogP contribution is 2.24. The molecule has 1 aliphatic heterocycles. The van der Waals surface area contributed by atoms with E-state index < -0.39 is 10.0 Å². The molecule has 0 bridgehead atoms. The summed E-state index contributed by atoms with van der Waals surface area (Å²) in [5.74, 6) is 0.391. The average Bonchev–Trinajstić information content (AvgIpc) is 2.65. The second-order valence-electron chi connectivity index (χ2n) is 6.66. The summed E-state index contributed by atoms with van der Waals surface area (Å²) < 4.78 is 30.5. The Morgan fingerprint density at radius 3 is 2.56 bits per heavy atom. The van der Waals surface area contributed by atoms with Crippen molar-refractivity contribution in [2.24, 2.45) is 0 Å². The first-order valence-electron chi connectivity index (χ1n) is 8.93. The summed E-state index contributed by atoms with van der Waals surface area (Å²) in [5.41, 5.74) is 3.88. The van der Waals surface area contributed by atoms with Gasteiger partial charge in [-0.2, -0.15) is 4.31 Å². The molecule has 1 heterocycles. The van der Waals surface area contributed by atoms with E-state index in [-0.39, 0.29) is 12.5 Å². The van der Waals surface area contributed by atoms with Crippen LogP contribution in [0.5, 0.6) is 5.75 Å². The number of amides is 1. The molecule has 0 saturated carbocycles. The molecular weight excluding hydrogens is 364 g/mol. The summed E-state index contributed by atoms with van der Waals surface area (Å²) in [4.78, 5) is 12.2. The van der Waals surface area contributed by atoms with Crippen molar-refractivity contribution in [3.05, 3.63) is 59.2 Å².